The van der Waals surface area contributed by atoms with E-state index < -0.39 is 11.9 Å². The number of hydrogen-bond donors (Lipinski definition) is 1. The zero-order valence-corrected chi connectivity index (χ0v) is 8.17. The molecule has 3 nitrogen and oxygen atoms in total. The van der Waals surface area contributed by atoms with Crippen LogP contribution in [0.2, 0.25) is 5.02 Å². The Morgan fingerprint density at radius 3 is 2.77 bits per heavy atom. The number of rotatable bonds is 2. The molecule has 0 aromatic carbocycles. The topological polar surface area (TPSA) is 50.2 Å². The van der Waals surface area contributed by atoms with Gasteiger partial charge in [-0.2, -0.15) is 0 Å². The Kier molecular flexibility index (Phi) is 2.88. The van der Waals surface area contributed by atoms with Crippen molar-refractivity contribution in [3.05, 3.63) is 28.5 Å². The number of carboxylic acid groups (broad SMARTS) is 1. The maximum absolute atomic E-state index is 10.7. The normalized spacial score (nSPS) is 12.5. The van der Waals surface area contributed by atoms with Crippen LogP contribution in [0.1, 0.15) is 24.2 Å². The van der Waals surface area contributed by atoms with Gasteiger partial charge in [-0.1, -0.05) is 11.6 Å². The van der Waals surface area contributed by atoms with Crippen LogP contribution in [0, 0.1) is 6.92 Å². The lowest BCUT2D eigenvalue weighted by Crippen LogP contribution is -2.10. The van der Waals surface area contributed by atoms with Gasteiger partial charge in [0.25, 0.3) is 0 Å². The van der Waals surface area contributed by atoms with E-state index in [1.165, 1.54) is 0 Å². The van der Waals surface area contributed by atoms with Crippen molar-refractivity contribution in [2.45, 2.75) is 19.8 Å². The van der Waals surface area contributed by atoms with E-state index in [0.29, 0.717) is 10.7 Å². The minimum absolute atomic E-state index is 0.403. The molecule has 0 aliphatic carbocycles. The van der Waals surface area contributed by atoms with E-state index in [1.807, 2.05) is 0 Å². The molecule has 4 heteroatoms. The molecule has 1 atom stereocenters. The molecule has 1 aromatic heterocycles. The molecule has 0 saturated heterocycles. The van der Waals surface area contributed by atoms with E-state index in [2.05, 4.69) is 4.98 Å². The summed E-state index contributed by atoms with van der Waals surface area (Å²) < 4.78 is 0. The van der Waals surface area contributed by atoms with Gasteiger partial charge in [0.15, 0.2) is 0 Å². The summed E-state index contributed by atoms with van der Waals surface area (Å²) in [4.78, 5) is 14.7. The number of aromatic nitrogens is 1. The lowest BCUT2D eigenvalue weighted by molar-refractivity contribution is -0.138. The Balaban J connectivity index is 3.12. The van der Waals surface area contributed by atoms with Gasteiger partial charge in [0.1, 0.15) is 0 Å². The molecule has 0 radical (unpaired) electrons. The summed E-state index contributed by atoms with van der Waals surface area (Å²) in [6, 6.07) is 3.42. The van der Waals surface area contributed by atoms with Crippen molar-refractivity contribution in [2.24, 2.45) is 0 Å². The van der Waals surface area contributed by atoms with E-state index in [-0.39, 0.29) is 0 Å². The summed E-state index contributed by atoms with van der Waals surface area (Å²) in [7, 11) is 0. The predicted octanol–water partition coefficient (Wildman–Crippen LogP) is 2.23. The molecule has 0 aliphatic heterocycles. The quantitative estimate of drug-likeness (QED) is 0.795. The van der Waals surface area contributed by atoms with Crippen LogP contribution in [-0.2, 0) is 4.79 Å². The third kappa shape index (κ3) is 2.18. The van der Waals surface area contributed by atoms with Crippen molar-refractivity contribution < 1.29 is 9.90 Å². The Morgan fingerprint density at radius 1 is 1.62 bits per heavy atom. The second kappa shape index (κ2) is 3.75. The van der Waals surface area contributed by atoms with Crippen molar-refractivity contribution >= 4 is 17.6 Å². The maximum atomic E-state index is 10.7. The van der Waals surface area contributed by atoms with Crippen LogP contribution in [0.4, 0.5) is 0 Å². The molecule has 70 valence electrons. The minimum Gasteiger partial charge on any atom is -0.481 e. The number of carboxylic acids is 1. The van der Waals surface area contributed by atoms with Gasteiger partial charge >= 0.3 is 5.97 Å². The summed E-state index contributed by atoms with van der Waals surface area (Å²) in [6.07, 6.45) is 0. The number of aryl methyl sites for hydroxylation is 1. The first-order chi connectivity index (χ1) is 6.02. The highest BCUT2D eigenvalue weighted by Crippen LogP contribution is 2.22. The maximum Gasteiger partial charge on any atom is 0.312 e. The van der Waals surface area contributed by atoms with E-state index in [9.17, 15) is 4.79 Å². The van der Waals surface area contributed by atoms with Crippen molar-refractivity contribution in [2.75, 3.05) is 0 Å². The molecule has 0 fully saturated rings. The molecule has 1 rings (SSSR count). The van der Waals surface area contributed by atoms with Gasteiger partial charge in [-0.15, -0.1) is 0 Å². The SMILES string of the molecule is Cc1ccc(Cl)c(C(C)C(=O)O)n1. The Hall–Kier alpha value is -1.09. The van der Waals surface area contributed by atoms with E-state index in [0.717, 1.165) is 5.69 Å². The number of hydrogen-bond acceptors (Lipinski definition) is 2. The highest BCUT2D eigenvalue weighted by Gasteiger charge is 2.18. The fourth-order valence-electron chi connectivity index (χ4n) is 0.980. The number of carbonyl (C=O) groups is 1. The lowest BCUT2D eigenvalue weighted by Gasteiger charge is -2.07. The van der Waals surface area contributed by atoms with Crippen LogP contribution < -0.4 is 0 Å². The van der Waals surface area contributed by atoms with Crippen molar-refractivity contribution in [1.82, 2.24) is 4.98 Å². The zero-order chi connectivity index (χ0) is 10.0. The molecule has 1 unspecified atom stereocenters. The van der Waals surface area contributed by atoms with Crippen LogP contribution >= 0.6 is 11.6 Å². The third-order valence-electron chi connectivity index (χ3n) is 1.79. The minimum atomic E-state index is -0.917. The Morgan fingerprint density at radius 2 is 2.23 bits per heavy atom. The zero-order valence-electron chi connectivity index (χ0n) is 7.41. The molecule has 0 bridgehead atoms. The summed E-state index contributed by atoms with van der Waals surface area (Å²) in [5.74, 6) is -1.58. The van der Waals surface area contributed by atoms with Gasteiger partial charge in [-0.05, 0) is 26.0 Å². The monoisotopic (exact) mass is 199 g/mol. The first-order valence-electron chi connectivity index (χ1n) is 3.88. The average Bonchev–Trinajstić information content (AvgIpc) is 2.08. The number of halogens is 1. The van der Waals surface area contributed by atoms with E-state index in [1.54, 1.807) is 26.0 Å². The van der Waals surface area contributed by atoms with Crippen molar-refractivity contribution in [3.63, 3.8) is 0 Å². The Labute approximate surface area is 81.4 Å². The predicted molar refractivity (Wildman–Crippen MR) is 50.0 cm³/mol. The van der Waals surface area contributed by atoms with Crippen LogP contribution in [0.25, 0.3) is 0 Å². The van der Waals surface area contributed by atoms with Gasteiger partial charge in [-0.3, -0.25) is 9.78 Å². The first-order valence-corrected chi connectivity index (χ1v) is 4.26. The molecule has 1 heterocycles. The van der Waals surface area contributed by atoms with Crippen LogP contribution in [0.15, 0.2) is 12.1 Å². The molecule has 1 aromatic rings. The largest absolute Gasteiger partial charge is 0.481 e. The molecular formula is C9H10ClNO2. The molecule has 0 saturated carbocycles. The molecule has 0 spiro atoms. The van der Waals surface area contributed by atoms with Gasteiger partial charge in [0, 0.05) is 5.69 Å². The Bertz CT molecular complexity index is 338. The summed E-state index contributed by atoms with van der Waals surface area (Å²) in [6.45, 7) is 3.37. The molecule has 1 N–H and O–H groups in total. The first kappa shape index (κ1) is 9.99. The lowest BCUT2D eigenvalue weighted by atomic mass is 10.1. The van der Waals surface area contributed by atoms with Gasteiger partial charge in [-0.25, -0.2) is 0 Å². The molecular weight excluding hydrogens is 190 g/mol. The molecule has 0 aliphatic rings. The van der Waals surface area contributed by atoms with Crippen molar-refractivity contribution in [1.29, 1.82) is 0 Å². The summed E-state index contributed by atoms with van der Waals surface area (Å²) in [5, 5.41) is 9.16. The van der Waals surface area contributed by atoms with E-state index >= 15 is 0 Å². The highest BCUT2D eigenvalue weighted by molar-refractivity contribution is 6.31. The average molecular weight is 200 g/mol. The second-order valence-corrected chi connectivity index (χ2v) is 3.29. The van der Waals surface area contributed by atoms with Crippen molar-refractivity contribution in [3.8, 4) is 0 Å². The molecule has 0 amide bonds. The second-order valence-electron chi connectivity index (χ2n) is 2.88. The van der Waals surface area contributed by atoms with Crippen LogP contribution in [0.5, 0.6) is 0 Å². The fourth-order valence-corrected chi connectivity index (χ4v) is 1.25. The molecule has 13 heavy (non-hydrogen) atoms. The highest BCUT2D eigenvalue weighted by atomic mass is 35.5. The number of nitrogens with zero attached hydrogens (tertiary/aromatic N) is 1. The van der Waals surface area contributed by atoms with Gasteiger partial charge < -0.3 is 5.11 Å². The summed E-state index contributed by atoms with van der Waals surface area (Å²) >= 11 is 5.81. The van der Waals surface area contributed by atoms with Gasteiger partial charge in [0.2, 0.25) is 0 Å². The van der Waals surface area contributed by atoms with Crippen LogP contribution in [0.3, 0.4) is 0 Å². The van der Waals surface area contributed by atoms with E-state index in [4.69, 9.17) is 16.7 Å². The number of aliphatic carboxylic acids is 1. The third-order valence-corrected chi connectivity index (χ3v) is 2.11. The smallest absolute Gasteiger partial charge is 0.312 e. The fraction of sp³-hybridized carbons (Fsp3) is 0.333. The summed E-state index contributed by atoms with van der Waals surface area (Å²) in [5.41, 5.74) is 1.20. The van der Waals surface area contributed by atoms with Gasteiger partial charge in [0.05, 0.1) is 16.6 Å². The standard InChI is InChI=1S/C9H10ClNO2/c1-5-3-4-7(10)8(11-5)6(2)9(12)13/h3-4,6H,1-2H3,(H,12,13). The van der Waals surface area contributed by atoms with Crippen LogP contribution in [-0.4, -0.2) is 16.1 Å². The number of pyridine rings is 1.